The van der Waals surface area contributed by atoms with E-state index in [4.69, 9.17) is 0 Å². The number of carbonyl (C=O) groups is 1. The minimum absolute atomic E-state index is 0.0915. The second kappa shape index (κ2) is 7.03. The lowest BCUT2D eigenvalue weighted by atomic mass is 9.88. The van der Waals surface area contributed by atoms with Crippen LogP contribution in [0.15, 0.2) is 24.3 Å². The molecule has 1 atom stereocenters. The largest absolute Gasteiger partial charge is 0.416 e. The predicted molar refractivity (Wildman–Crippen MR) is 86.5 cm³/mol. The minimum Gasteiger partial charge on any atom is -0.351 e. The Hall–Kier alpha value is -1.72. The van der Waals surface area contributed by atoms with Gasteiger partial charge in [0, 0.05) is 18.2 Å². The maximum absolute atomic E-state index is 12.7. The lowest BCUT2D eigenvalue weighted by Crippen LogP contribution is -2.47. The van der Waals surface area contributed by atoms with Gasteiger partial charge in [0.1, 0.15) is 6.17 Å². The van der Waals surface area contributed by atoms with Gasteiger partial charge in [-0.05, 0) is 49.9 Å². The van der Waals surface area contributed by atoms with Gasteiger partial charge in [-0.15, -0.1) is 0 Å². The van der Waals surface area contributed by atoms with Gasteiger partial charge in [0.05, 0.1) is 5.56 Å². The van der Waals surface area contributed by atoms with Crippen LogP contribution in [0.4, 0.5) is 18.9 Å². The molecule has 3 rings (SSSR count). The first-order chi connectivity index (χ1) is 11.4. The van der Waals surface area contributed by atoms with Gasteiger partial charge in [0.25, 0.3) is 0 Å². The summed E-state index contributed by atoms with van der Waals surface area (Å²) in [6.45, 7) is 0.751. The highest BCUT2D eigenvalue weighted by molar-refractivity contribution is 5.79. The molecule has 132 valence electrons. The third-order valence-electron chi connectivity index (χ3n) is 5.06. The van der Waals surface area contributed by atoms with Gasteiger partial charge < -0.3 is 10.2 Å². The lowest BCUT2D eigenvalue weighted by Gasteiger charge is -2.30. The van der Waals surface area contributed by atoms with Crippen molar-refractivity contribution in [1.82, 2.24) is 5.32 Å². The van der Waals surface area contributed by atoms with Crippen molar-refractivity contribution in [2.24, 2.45) is 5.92 Å². The van der Waals surface area contributed by atoms with Crippen molar-refractivity contribution in [3.05, 3.63) is 29.8 Å². The molecule has 2 fully saturated rings. The Morgan fingerprint density at radius 2 is 1.67 bits per heavy atom. The fourth-order valence-electron chi connectivity index (χ4n) is 3.71. The molecule has 6 heteroatoms. The number of benzene rings is 1. The Kier molecular flexibility index (Phi) is 5.01. The molecule has 1 aliphatic carbocycles. The van der Waals surface area contributed by atoms with E-state index in [0.29, 0.717) is 0 Å². The number of hydrogen-bond acceptors (Lipinski definition) is 2. The van der Waals surface area contributed by atoms with E-state index >= 15 is 0 Å². The maximum Gasteiger partial charge on any atom is 0.416 e. The predicted octanol–water partition coefficient (Wildman–Crippen LogP) is 4.33. The molecule has 1 heterocycles. The number of hydrogen-bond donors (Lipinski definition) is 1. The average Bonchev–Trinajstić information content (AvgIpc) is 3.03. The zero-order valence-electron chi connectivity index (χ0n) is 13.6. The van der Waals surface area contributed by atoms with Crippen LogP contribution in [0.2, 0.25) is 0 Å². The van der Waals surface area contributed by atoms with E-state index in [2.05, 4.69) is 5.32 Å². The molecule has 24 heavy (non-hydrogen) atoms. The van der Waals surface area contributed by atoms with Gasteiger partial charge in [-0.2, -0.15) is 13.2 Å². The number of amides is 1. The molecule has 0 spiro atoms. The molecule has 0 aromatic heterocycles. The fourth-order valence-corrected chi connectivity index (χ4v) is 3.71. The summed E-state index contributed by atoms with van der Waals surface area (Å²) in [5.41, 5.74) is 0.0858. The number of nitrogens with one attached hydrogen (secondary N) is 1. The van der Waals surface area contributed by atoms with Crippen LogP contribution in [0, 0.1) is 5.92 Å². The van der Waals surface area contributed by atoms with Gasteiger partial charge in [-0.1, -0.05) is 19.3 Å². The molecule has 1 aromatic carbocycles. The maximum atomic E-state index is 12.7. The van der Waals surface area contributed by atoms with E-state index in [9.17, 15) is 18.0 Å². The van der Waals surface area contributed by atoms with Crippen LogP contribution in [-0.2, 0) is 11.0 Å². The van der Waals surface area contributed by atoms with E-state index in [1.807, 2.05) is 4.90 Å². The first-order valence-electron chi connectivity index (χ1n) is 8.69. The van der Waals surface area contributed by atoms with Crippen LogP contribution in [0.25, 0.3) is 0 Å². The fraction of sp³-hybridized carbons (Fsp3) is 0.611. The number of nitrogens with zero attached hydrogens (tertiary/aromatic N) is 1. The van der Waals surface area contributed by atoms with E-state index in [-0.39, 0.29) is 18.0 Å². The van der Waals surface area contributed by atoms with Crippen molar-refractivity contribution >= 4 is 11.6 Å². The molecule has 1 saturated heterocycles. The zero-order valence-corrected chi connectivity index (χ0v) is 13.6. The third kappa shape index (κ3) is 3.84. The van der Waals surface area contributed by atoms with E-state index in [1.165, 1.54) is 18.6 Å². The van der Waals surface area contributed by atoms with Gasteiger partial charge >= 0.3 is 6.18 Å². The lowest BCUT2D eigenvalue weighted by molar-refractivity contribution is -0.137. The Morgan fingerprint density at radius 1 is 1.00 bits per heavy atom. The molecule has 1 N–H and O–H groups in total. The van der Waals surface area contributed by atoms with E-state index < -0.39 is 11.7 Å². The van der Waals surface area contributed by atoms with Crippen molar-refractivity contribution in [3.63, 3.8) is 0 Å². The van der Waals surface area contributed by atoms with Crippen LogP contribution in [0.5, 0.6) is 0 Å². The number of alkyl halides is 3. The summed E-state index contributed by atoms with van der Waals surface area (Å²) in [5, 5.41) is 3.11. The Bertz CT molecular complexity index is 565. The van der Waals surface area contributed by atoms with Crippen LogP contribution in [0.3, 0.4) is 0 Å². The van der Waals surface area contributed by atoms with E-state index in [0.717, 1.165) is 62.9 Å². The molecule has 0 radical (unpaired) electrons. The molecule has 2 aliphatic rings. The molecule has 1 unspecified atom stereocenters. The standard InChI is InChI=1S/C18H23F3N2O/c19-18(20,21)14-8-10-15(11-9-14)23-12-4-7-16(23)22-17(24)13-5-2-1-3-6-13/h8-11,13,16H,1-7,12H2,(H,22,24). The quantitative estimate of drug-likeness (QED) is 0.888. The summed E-state index contributed by atoms with van der Waals surface area (Å²) in [7, 11) is 0. The molecular weight excluding hydrogens is 317 g/mol. The summed E-state index contributed by atoms with van der Waals surface area (Å²) < 4.78 is 38.0. The molecule has 1 saturated carbocycles. The SMILES string of the molecule is O=C(NC1CCCN1c1ccc(C(F)(F)F)cc1)C1CCCCC1. The summed E-state index contributed by atoms with van der Waals surface area (Å²) in [6.07, 6.45) is 2.62. The Morgan fingerprint density at radius 3 is 2.29 bits per heavy atom. The molecule has 1 aromatic rings. The smallest absolute Gasteiger partial charge is 0.351 e. The van der Waals surface area contributed by atoms with Crippen molar-refractivity contribution < 1.29 is 18.0 Å². The second-order valence-electron chi connectivity index (χ2n) is 6.74. The second-order valence-corrected chi connectivity index (χ2v) is 6.74. The van der Waals surface area contributed by atoms with Crippen molar-refractivity contribution in [3.8, 4) is 0 Å². The zero-order chi connectivity index (χ0) is 17.2. The summed E-state index contributed by atoms with van der Waals surface area (Å²) in [5.74, 6) is 0.187. The molecule has 1 aliphatic heterocycles. The van der Waals surface area contributed by atoms with Crippen molar-refractivity contribution in [1.29, 1.82) is 0 Å². The van der Waals surface area contributed by atoms with Gasteiger partial charge in [-0.3, -0.25) is 4.79 Å². The topological polar surface area (TPSA) is 32.3 Å². The first kappa shape index (κ1) is 17.1. The van der Waals surface area contributed by atoms with Crippen LogP contribution >= 0.6 is 0 Å². The van der Waals surface area contributed by atoms with Crippen LogP contribution in [-0.4, -0.2) is 18.6 Å². The summed E-state index contributed by atoms with van der Waals surface area (Å²) >= 11 is 0. The van der Waals surface area contributed by atoms with Gasteiger partial charge in [-0.25, -0.2) is 0 Å². The number of carbonyl (C=O) groups excluding carboxylic acids is 1. The van der Waals surface area contributed by atoms with Crippen LogP contribution < -0.4 is 10.2 Å². The van der Waals surface area contributed by atoms with Crippen LogP contribution in [0.1, 0.15) is 50.5 Å². The number of anilines is 1. The molecular formula is C18H23F3N2O. The number of rotatable bonds is 3. The monoisotopic (exact) mass is 340 g/mol. The number of halogens is 3. The normalized spacial score (nSPS) is 22.6. The Balaban J connectivity index is 1.65. The summed E-state index contributed by atoms with van der Waals surface area (Å²) in [6, 6.07) is 5.20. The van der Waals surface area contributed by atoms with E-state index in [1.54, 1.807) is 0 Å². The third-order valence-corrected chi connectivity index (χ3v) is 5.06. The summed E-state index contributed by atoms with van der Waals surface area (Å²) in [4.78, 5) is 14.4. The molecule has 3 nitrogen and oxygen atoms in total. The highest BCUT2D eigenvalue weighted by Crippen LogP contribution is 2.32. The van der Waals surface area contributed by atoms with Crippen molar-refractivity contribution in [2.75, 3.05) is 11.4 Å². The Labute approximate surface area is 140 Å². The molecule has 0 bridgehead atoms. The highest BCUT2D eigenvalue weighted by Gasteiger charge is 2.32. The van der Waals surface area contributed by atoms with Crippen molar-refractivity contribution in [2.45, 2.75) is 57.3 Å². The first-order valence-corrected chi connectivity index (χ1v) is 8.69. The van der Waals surface area contributed by atoms with Gasteiger partial charge in [0.2, 0.25) is 5.91 Å². The highest BCUT2D eigenvalue weighted by atomic mass is 19.4. The minimum atomic E-state index is -4.32. The average molecular weight is 340 g/mol. The molecule has 1 amide bonds. The van der Waals surface area contributed by atoms with Gasteiger partial charge in [0.15, 0.2) is 0 Å².